The Kier molecular flexibility index (Phi) is 9.48. The Balaban J connectivity index is 1.03. The Morgan fingerprint density at radius 2 is 0.897 bits per heavy atom. The molecule has 12 rings (SSSR count). The lowest BCUT2D eigenvalue weighted by Gasteiger charge is -2.35. The lowest BCUT2D eigenvalue weighted by atomic mass is 9.67. The number of benzene rings is 10. The SMILES string of the molecule is [B]c1c(O)c(O)c(O)c(O)c1-c1ccc(N(c2ccc(-c3ccc4c(c3)c3ccccc3n4-c3ccccc3)cc2)c2ccc3c(c2)C(c2ccccc2)(c2ccccc2)c2ccccc2-3)cc1. The van der Waals surface area contributed by atoms with E-state index in [1.807, 2.05) is 18.2 Å². The van der Waals surface area contributed by atoms with Gasteiger partial charge in [0.05, 0.1) is 16.4 Å². The van der Waals surface area contributed by atoms with E-state index in [2.05, 4.69) is 204 Å². The van der Waals surface area contributed by atoms with Crippen molar-refractivity contribution >= 4 is 52.2 Å². The van der Waals surface area contributed by atoms with Crippen LogP contribution in [0.15, 0.2) is 224 Å². The number of hydrogen-bond acceptors (Lipinski definition) is 5. The predicted molar refractivity (Wildman–Crippen MR) is 276 cm³/mol. The Labute approximate surface area is 394 Å². The second-order valence-electron chi connectivity index (χ2n) is 17.3. The number of rotatable bonds is 8. The van der Waals surface area contributed by atoms with Gasteiger partial charge < -0.3 is 29.9 Å². The molecule has 0 saturated carbocycles. The van der Waals surface area contributed by atoms with Crippen molar-refractivity contribution in [2.24, 2.45) is 0 Å². The molecule has 1 heterocycles. The zero-order valence-corrected chi connectivity index (χ0v) is 36.6. The van der Waals surface area contributed by atoms with Gasteiger partial charge in [-0.2, -0.15) is 0 Å². The molecule has 0 amide bonds. The van der Waals surface area contributed by atoms with Crippen LogP contribution in [0.3, 0.4) is 0 Å². The van der Waals surface area contributed by atoms with Gasteiger partial charge in [0.2, 0.25) is 11.5 Å². The number of nitrogens with zero attached hydrogens (tertiary/aromatic N) is 2. The van der Waals surface area contributed by atoms with Crippen molar-refractivity contribution in [3.8, 4) is 62.1 Å². The minimum atomic E-state index is -0.880. The number of fused-ring (bicyclic) bond motifs is 6. The maximum atomic E-state index is 10.9. The van der Waals surface area contributed by atoms with Gasteiger partial charge in [-0.3, -0.25) is 0 Å². The van der Waals surface area contributed by atoms with Crippen molar-refractivity contribution in [1.82, 2.24) is 4.57 Å². The molecule has 0 atom stereocenters. The summed E-state index contributed by atoms with van der Waals surface area (Å²) in [6.07, 6.45) is 0. The molecule has 10 aromatic carbocycles. The van der Waals surface area contributed by atoms with E-state index in [-0.39, 0.29) is 11.0 Å². The van der Waals surface area contributed by atoms with Crippen LogP contribution in [0.5, 0.6) is 23.0 Å². The first-order valence-corrected chi connectivity index (χ1v) is 22.5. The molecule has 1 aliphatic carbocycles. The zero-order valence-electron chi connectivity index (χ0n) is 36.6. The summed E-state index contributed by atoms with van der Waals surface area (Å²) >= 11 is 0. The van der Waals surface area contributed by atoms with Crippen LogP contribution in [-0.2, 0) is 5.41 Å². The summed E-state index contributed by atoms with van der Waals surface area (Å²) in [4.78, 5) is 2.21. The predicted octanol–water partition coefficient (Wildman–Crippen LogP) is 13.6. The molecule has 1 aromatic heterocycles. The quantitative estimate of drug-likeness (QED) is 0.0694. The second-order valence-corrected chi connectivity index (χ2v) is 17.3. The highest BCUT2D eigenvalue weighted by molar-refractivity contribution is 6.39. The van der Waals surface area contributed by atoms with Crippen molar-refractivity contribution in [3.05, 3.63) is 247 Å². The molecular formula is C61H41BN2O4. The second kappa shape index (κ2) is 15.9. The van der Waals surface area contributed by atoms with Crippen molar-refractivity contribution < 1.29 is 20.4 Å². The topological polar surface area (TPSA) is 89.1 Å². The Morgan fingerprint density at radius 3 is 1.57 bits per heavy atom. The van der Waals surface area contributed by atoms with Crippen molar-refractivity contribution in [3.63, 3.8) is 0 Å². The van der Waals surface area contributed by atoms with Gasteiger partial charge in [0.25, 0.3) is 0 Å². The molecular weight excluding hydrogens is 835 g/mol. The molecule has 68 heavy (non-hydrogen) atoms. The first kappa shape index (κ1) is 40.6. The molecule has 0 spiro atoms. The third-order valence-corrected chi connectivity index (χ3v) is 13.7. The van der Waals surface area contributed by atoms with Gasteiger partial charge in [0.15, 0.2) is 11.5 Å². The average Bonchev–Trinajstić information content (AvgIpc) is 3.89. The number of aromatic hydroxyl groups is 4. The van der Waals surface area contributed by atoms with Gasteiger partial charge >= 0.3 is 0 Å². The third kappa shape index (κ3) is 6.13. The molecule has 0 saturated heterocycles. The van der Waals surface area contributed by atoms with Crippen molar-refractivity contribution in [1.29, 1.82) is 0 Å². The van der Waals surface area contributed by atoms with Crippen LogP contribution < -0.4 is 10.4 Å². The van der Waals surface area contributed by atoms with E-state index in [4.69, 9.17) is 7.85 Å². The first-order chi connectivity index (χ1) is 33.3. The third-order valence-electron chi connectivity index (χ3n) is 13.7. The molecule has 7 heteroatoms. The van der Waals surface area contributed by atoms with Crippen LogP contribution >= 0.6 is 0 Å². The van der Waals surface area contributed by atoms with Gasteiger partial charge in [-0.15, -0.1) is 0 Å². The average molecular weight is 877 g/mol. The monoisotopic (exact) mass is 876 g/mol. The summed E-state index contributed by atoms with van der Waals surface area (Å²) < 4.78 is 2.32. The van der Waals surface area contributed by atoms with Crippen molar-refractivity contribution in [2.45, 2.75) is 5.41 Å². The first-order valence-electron chi connectivity index (χ1n) is 22.5. The van der Waals surface area contributed by atoms with Gasteiger partial charge in [-0.1, -0.05) is 158 Å². The molecule has 1 aliphatic rings. The van der Waals surface area contributed by atoms with Crippen LogP contribution in [0.25, 0.3) is 60.9 Å². The molecule has 0 bridgehead atoms. The van der Waals surface area contributed by atoms with Crippen LogP contribution in [0.4, 0.5) is 17.1 Å². The normalized spacial score (nSPS) is 12.5. The summed E-state index contributed by atoms with van der Waals surface area (Å²) in [5, 5.41) is 44.5. The molecule has 0 fully saturated rings. The van der Waals surface area contributed by atoms with Crippen LogP contribution in [0, 0.1) is 0 Å². The Morgan fingerprint density at radius 1 is 0.382 bits per heavy atom. The van der Waals surface area contributed by atoms with E-state index >= 15 is 0 Å². The largest absolute Gasteiger partial charge is 0.505 e. The molecule has 4 N–H and O–H groups in total. The maximum absolute atomic E-state index is 10.9. The molecule has 322 valence electrons. The van der Waals surface area contributed by atoms with Crippen LogP contribution in [0.1, 0.15) is 22.3 Å². The summed E-state index contributed by atoms with van der Waals surface area (Å²) in [5.41, 5.74) is 14.8. The number of phenolic OH excluding ortho intramolecular Hbond substituents is 4. The van der Waals surface area contributed by atoms with E-state index in [1.54, 1.807) is 12.1 Å². The minimum absolute atomic E-state index is 0.00918. The van der Waals surface area contributed by atoms with E-state index < -0.39 is 28.4 Å². The van der Waals surface area contributed by atoms with Gasteiger partial charge in [0, 0.05) is 39.1 Å². The Bertz CT molecular complexity index is 3650. The highest BCUT2D eigenvalue weighted by atomic mass is 16.3. The molecule has 0 unspecified atom stereocenters. The maximum Gasteiger partial charge on any atom is 0.204 e. The smallest absolute Gasteiger partial charge is 0.204 e. The Hall–Kier alpha value is -8.94. The van der Waals surface area contributed by atoms with Gasteiger partial charge in [0.1, 0.15) is 7.85 Å². The fourth-order valence-corrected chi connectivity index (χ4v) is 10.6. The van der Waals surface area contributed by atoms with E-state index in [0.717, 1.165) is 67.2 Å². The lowest BCUT2D eigenvalue weighted by Crippen LogP contribution is -2.28. The molecule has 6 nitrogen and oxygen atoms in total. The summed E-state index contributed by atoms with van der Waals surface area (Å²) in [6.45, 7) is 0. The van der Waals surface area contributed by atoms with E-state index in [0.29, 0.717) is 5.56 Å². The van der Waals surface area contributed by atoms with Gasteiger partial charge in [-0.25, -0.2) is 0 Å². The van der Waals surface area contributed by atoms with Crippen molar-refractivity contribution in [2.75, 3.05) is 4.90 Å². The number of anilines is 3. The summed E-state index contributed by atoms with van der Waals surface area (Å²) in [7, 11) is 6.23. The molecule has 0 aliphatic heterocycles. The number of phenols is 4. The lowest BCUT2D eigenvalue weighted by molar-refractivity contribution is 0.348. The highest BCUT2D eigenvalue weighted by Gasteiger charge is 2.46. The van der Waals surface area contributed by atoms with Crippen LogP contribution in [-0.4, -0.2) is 32.8 Å². The standard InChI is InChI=1S/C61H41BN2O4/c62-56-55(57(65)59(67)60(68)58(56)66)39-26-31-45(32-27-39)63(44-29-24-38(25-30-44)40-28-35-54-50(36-40)49-21-11-13-23-53(49)64(54)43-18-8-3-9-19-43)46-33-34-48-47-20-10-12-22-51(47)61(52(48)37-46,41-14-4-1-5-15-41)42-16-6-2-7-17-42/h1-37,65-68H. The number of aromatic nitrogens is 1. The fraction of sp³-hybridized carbons (Fsp3) is 0.0164. The molecule has 11 aromatic rings. The number of hydrogen-bond donors (Lipinski definition) is 4. The van der Waals surface area contributed by atoms with Gasteiger partial charge in [-0.05, 0) is 122 Å². The van der Waals surface area contributed by atoms with Crippen LogP contribution in [0.2, 0.25) is 0 Å². The summed E-state index contributed by atoms with van der Waals surface area (Å²) in [6, 6.07) is 78.6. The minimum Gasteiger partial charge on any atom is -0.505 e. The fourth-order valence-electron chi connectivity index (χ4n) is 10.6. The molecule has 2 radical (unpaired) electrons. The van der Waals surface area contributed by atoms with E-state index in [9.17, 15) is 20.4 Å². The zero-order chi connectivity index (χ0) is 46.1. The van der Waals surface area contributed by atoms with E-state index in [1.165, 1.54) is 21.9 Å². The number of para-hydroxylation sites is 2. The highest BCUT2D eigenvalue weighted by Crippen LogP contribution is 2.57. The summed E-state index contributed by atoms with van der Waals surface area (Å²) in [5.74, 6) is -3.06.